The van der Waals surface area contributed by atoms with Crippen molar-refractivity contribution in [2.45, 2.75) is 33.2 Å². The van der Waals surface area contributed by atoms with Crippen LogP contribution in [0, 0.1) is 6.92 Å². The molecule has 0 saturated heterocycles. The Morgan fingerprint density at radius 3 is 2.57 bits per heavy atom. The van der Waals surface area contributed by atoms with Crippen molar-refractivity contribution in [3.63, 3.8) is 0 Å². The van der Waals surface area contributed by atoms with E-state index in [0.717, 1.165) is 22.8 Å². The summed E-state index contributed by atoms with van der Waals surface area (Å²) in [5.74, 6) is 1.09. The summed E-state index contributed by atoms with van der Waals surface area (Å²) in [5.41, 5.74) is 2.07. The second-order valence-corrected chi connectivity index (χ2v) is 6.47. The quantitative estimate of drug-likeness (QED) is 0.792. The summed E-state index contributed by atoms with van der Waals surface area (Å²) in [4.78, 5) is 23.3. The van der Waals surface area contributed by atoms with Crippen LogP contribution in [0.1, 0.15) is 31.0 Å². The van der Waals surface area contributed by atoms with Gasteiger partial charge in [-0.25, -0.2) is 0 Å². The molecular formula is C17H22N2O3S. The third kappa shape index (κ3) is 4.96. The molecule has 0 unspecified atom stereocenters. The molecule has 1 aromatic heterocycles. The zero-order valence-electron chi connectivity index (χ0n) is 13.7. The lowest BCUT2D eigenvalue weighted by Crippen LogP contribution is -2.33. The van der Waals surface area contributed by atoms with Crippen LogP contribution in [0.5, 0.6) is 5.75 Å². The highest BCUT2D eigenvalue weighted by molar-refractivity contribution is 7.07. The number of hydrogen-bond acceptors (Lipinski definition) is 4. The molecule has 1 heterocycles. The van der Waals surface area contributed by atoms with E-state index in [9.17, 15) is 9.59 Å². The molecule has 0 radical (unpaired) electrons. The summed E-state index contributed by atoms with van der Waals surface area (Å²) >= 11 is 1.10. The highest BCUT2D eigenvalue weighted by atomic mass is 32.1. The molecule has 1 N–H and O–H groups in total. The fourth-order valence-electron chi connectivity index (χ4n) is 2.10. The number of aryl methyl sites for hydroxylation is 1. The lowest BCUT2D eigenvalue weighted by Gasteiger charge is -2.10. The molecule has 2 rings (SSSR count). The molecule has 1 aromatic carbocycles. The van der Waals surface area contributed by atoms with E-state index in [0.29, 0.717) is 19.1 Å². The smallest absolute Gasteiger partial charge is 0.307 e. The van der Waals surface area contributed by atoms with Crippen molar-refractivity contribution >= 4 is 17.2 Å². The minimum Gasteiger partial charge on any atom is -0.492 e. The van der Waals surface area contributed by atoms with Gasteiger partial charge in [0.25, 0.3) is 0 Å². The van der Waals surface area contributed by atoms with Gasteiger partial charge in [-0.3, -0.25) is 14.2 Å². The average Bonchev–Trinajstić information content (AvgIpc) is 2.84. The van der Waals surface area contributed by atoms with Gasteiger partial charge in [0.2, 0.25) is 5.91 Å². The van der Waals surface area contributed by atoms with Gasteiger partial charge in [0.15, 0.2) is 0 Å². The molecule has 0 fully saturated rings. The molecule has 2 aromatic rings. The van der Waals surface area contributed by atoms with Gasteiger partial charge in [-0.2, -0.15) is 0 Å². The van der Waals surface area contributed by atoms with Gasteiger partial charge in [-0.1, -0.05) is 37.3 Å². The second-order valence-electron chi connectivity index (χ2n) is 5.65. The summed E-state index contributed by atoms with van der Waals surface area (Å²) in [7, 11) is 0. The fourth-order valence-corrected chi connectivity index (χ4v) is 2.84. The van der Waals surface area contributed by atoms with Gasteiger partial charge in [-0.15, -0.1) is 0 Å². The number of benzene rings is 1. The van der Waals surface area contributed by atoms with Crippen molar-refractivity contribution < 1.29 is 9.53 Å². The molecule has 0 spiro atoms. The normalized spacial score (nSPS) is 10.8. The van der Waals surface area contributed by atoms with Crippen molar-refractivity contribution in [2.24, 2.45) is 0 Å². The number of ether oxygens (including phenoxy) is 1. The van der Waals surface area contributed by atoms with E-state index in [-0.39, 0.29) is 17.3 Å². The molecule has 5 nitrogen and oxygen atoms in total. The third-order valence-corrected chi connectivity index (χ3v) is 4.40. The molecular weight excluding hydrogens is 312 g/mol. The summed E-state index contributed by atoms with van der Waals surface area (Å²) in [6.07, 6.45) is 0. The standard InChI is InChI=1S/C17H22N2O3S/c1-12(2)14-4-6-15(7-5-14)22-9-8-18-16(20)10-19-13(3)11-23-17(19)21/h4-7,11-12H,8-10H2,1-3H3,(H,18,20). The van der Waals surface area contributed by atoms with Crippen LogP contribution in [0.25, 0.3) is 0 Å². The molecule has 0 aliphatic heterocycles. The molecule has 0 aliphatic carbocycles. The minimum absolute atomic E-state index is 0.0528. The Labute approximate surface area is 139 Å². The van der Waals surface area contributed by atoms with E-state index < -0.39 is 0 Å². The molecule has 1 amide bonds. The second kappa shape index (κ2) is 7.97. The Morgan fingerprint density at radius 2 is 2.00 bits per heavy atom. The number of carbonyl (C=O) groups excluding carboxylic acids is 1. The number of rotatable bonds is 7. The minimum atomic E-state index is -0.188. The van der Waals surface area contributed by atoms with Crippen LogP contribution in [0.2, 0.25) is 0 Å². The maximum Gasteiger partial charge on any atom is 0.307 e. The van der Waals surface area contributed by atoms with Gasteiger partial charge in [-0.05, 0) is 30.5 Å². The van der Waals surface area contributed by atoms with Crippen LogP contribution in [-0.2, 0) is 11.3 Å². The molecule has 0 bridgehead atoms. The first-order valence-corrected chi connectivity index (χ1v) is 8.49. The van der Waals surface area contributed by atoms with E-state index in [1.54, 1.807) is 5.38 Å². The van der Waals surface area contributed by atoms with Crippen molar-refractivity contribution in [2.75, 3.05) is 13.2 Å². The first-order chi connectivity index (χ1) is 11.0. The summed E-state index contributed by atoms with van der Waals surface area (Å²) < 4.78 is 7.06. The van der Waals surface area contributed by atoms with Gasteiger partial charge >= 0.3 is 4.87 Å². The maximum atomic E-state index is 11.8. The van der Waals surface area contributed by atoms with Crippen molar-refractivity contribution in [1.29, 1.82) is 0 Å². The molecule has 23 heavy (non-hydrogen) atoms. The van der Waals surface area contributed by atoms with E-state index >= 15 is 0 Å². The van der Waals surface area contributed by atoms with E-state index in [1.807, 2.05) is 31.2 Å². The first-order valence-electron chi connectivity index (χ1n) is 7.61. The number of nitrogens with zero attached hydrogens (tertiary/aromatic N) is 1. The lowest BCUT2D eigenvalue weighted by atomic mass is 10.0. The third-order valence-electron chi connectivity index (χ3n) is 3.52. The SMILES string of the molecule is Cc1csc(=O)n1CC(=O)NCCOc1ccc(C(C)C)cc1. The van der Waals surface area contributed by atoms with Gasteiger partial charge < -0.3 is 10.1 Å². The number of hydrogen-bond donors (Lipinski definition) is 1. The average molecular weight is 334 g/mol. The zero-order chi connectivity index (χ0) is 16.8. The predicted molar refractivity (Wildman–Crippen MR) is 92.4 cm³/mol. The topological polar surface area (TPSA) is 60.3 Å². The van der Waals surface area contributed by atoms with Crippen LogP contribution in [-0.4, -0.2) is 23.6 Å². The van der Waals surface area contributed by atoms with Gasteiger partial charge in [0.1, 0.15) is 18.9 Å². The van der Waals surface area contributed by atoms with Crippen LogP contribution in [0.4, 0.5) is 0 Å². The highest BCUT2D eigenvalue weighted by Gasteiger charge is 2.07. The predicted octanol–water partition coefficient (Wildman–Crippen LogP) is 2.54. The molecule has 0 saturated carbocycles. The number of thiazole rings is 1. The van der Waals surface area contributed by atoms with Crippen LogP contribution in [0.3, 0.4) is 0 Å². The summed E-state index contributed by atoms with van der Waals surface area (Å²) in [5, 5.41) is 4.51. The van der Waals surface area contributed by atoms with Gasteiger partial charge in [0.05, 0.1) is 6.54 Å². The number of nitrogens with one attached hydrogen (secondary N) is 1. The van der Waals surface area contributed by atoms with Crippen LogP contribution < -0.4 is 14.9 Å². The maximum absolute atomic E-state index is 11.8. The highest BCUT2D eigenvalue weighted by Crippen LogP contribution is 2.18. The van der Waals surface area contributed by atoms with Gasteiger partial charge in [0, 0.05) is 11.1 Å². The molecule has 124 valence electrons. The monoisotopic (exact) mass is 334 g/mol. The van der Waals surface area contributed by atoms with E-state index in [1.165, 1.54) is 10.1 Å². The Hall–Kier alpha value is -2.08. The van der Waals surface area contributed by atoms with Crippen LogP contribution >= 0.6 is 11.3 Å². The largest absolute Gasteiger partial charge is 0.492 e. The fraction of sp³-hybridized carbons (Fsp3) is 0.412. The summed E-state index contributed by atoms with van der Waals surface area (Å²) in [6, 6.07) is 7.96. The Kier molecular flexibility index (Phi) is 5.98. The van der Waals surface area contributed by atoms with E-state index in [4.69, 9.17) is 4.74 Å². The first kappa shape index (κ1) is 17.3. The zero-order valence-corrected chi connectivity index (χ0v) is 14.5. The van der Waals surface area contributed by atoms with E-state index in [2.05, 4.69) is 19.2 Å². The number of carbonyl (C=O) groups is 1. The Morgan fingerprint density at radius 1 is 1.30 bits per heavy atom. The van der Waals surface area contributed by atoms with Crippen molar-refractivity contribution in [1.82, 2.24) is 9.88 Å². The van der Waals surface area contributed by atoms with Crippen LogP contribution in [0.15, 0.2) is 34.4 Å². The summed E-state index contributed by atoms with van der Waals surface area (Å²) in [6.45, 7) is 6.96. The number of aromatic nitrogens is 1. The Balaban J connectivity index is 1.73. The lowest BCUT2D eigenvalue weighted by molar-refractivity contribution is -0.121. The van der Waals surface area contributed by atoms with Crippen molar-refractivity contribution in [3.8, 4) is 5.75 Å². The Bertz CT molecular complexity index is 701. The molecule has 0 atom stereocenters. The van der Waals surface area contributed by atoms with Crippen molar-refractivity contribution in [3.05, 3.63) is 50.6 Å². The molecule has 6 heteroatoms. The molecule has 0 aliphatic rings. The number of amides is 1.